The lowest BCUT2D eigenvalue weighted by atomic mass is 10.0. The number of amides is 2. The first-order chi connectivity index (χ1) is 9.84. The summed E-state index contributed by atoms with van der Waals surface area (Å²) in [6, 6.07) is 6.61. The molecule has 0 aromatic heterocycles. The molecular weight excluding hydrogens is 272 g/mol. The van der Waals surface area contributed by atoms with E-state index in [-0.39, 0.29) is 18.4 Å². The van der Waals surface area contributed by atoms with Crippen LogP contribution in [0.3, 0.4) is 0 Å². The highest BCUT2D eigenvalue weighted by Crippen LogP contribution is 2.12. The van der Waals surface area contributed by atoms with Crippen molar-refractivity contribution in [1.29, 1.82) is 0 Å². The summed E-state index contributed by atoms with van der Waals surface area (Å²) in [4.78, 5) is 23.0. The highest BCUT2D eigenvalue weighted by Gasteiger charge is 2.21. The maximum atomic E-state index is 12.0. The number of anilines is 1. The number of benzene rings is 1. The van der Waals surface area contributed by atoms with Gasteiger partial charge in [0.2, 0.25) is 5.91 Å². The Hall–Kier alpha value is -1.92. The third-order valence-electron chi connectivity index (χ3n) is 2.92. The number of ether oxygens (including phenoxy) is 1. The number of aliphatic hydroxyl groups is 1. The van der Waals surface area contributed by atoms with Gasteiger partial charge in [-0.3, -0.25) is 9.59 Å². The van der Waals surface area contributed by atoms with Gasteiger partial charge < -0.3 is 20.5 Å². The Labute approximate surface area is 124 Å². The summed E-state index contributed by atoms with van der Waals surface area (Å²) in [5.74, 6) is -0.505. The van der Waals surface area contributed by atoms with Crippen molar-refractivity contribution in [3.63, 3.8) is 0 Å². The van der Waals surface area contributed by atoms with E-state index in [1.54, 1.807) is 38.3 Å². The lowest BCUT2D eigenvalue weighted by Crippen LogP contribution is -2.41. The Bertz CT molecular complexity index is 500. The molecule has 0 saturated carbocycles. The molecule has 6 nitrogen and oxygen atoms in total. The van der Waals surface area contributed by atoms with E-state index in [0.29, 0.717) is 24.3 Å². The summed E-state index contributed by atoms with van der Waals surface area (Å²) in [6.45, 7) is 3.58. The molecule has 0 aliphatic carbocycles. The zero-order valence-electron chi connectivity index (χ0n) is 12.6. The van der Waals surface area contributed by atoms with Crippen molar-refractivity contribution in [1.82, 2.24) is 5.32 Å². The maximum absolute atomic E-state index is 12.0. The monoisotopic (exact) mass is 294 g/mol. The Morgan fingerprint density at radius 1 is 1.38 bits per heavy atom. The Balaban J connectivity index is 2.61. The van der Waals surface area contributed by atoms with Gasteiger partial charge in [0.15, 0.2) is 0 Å². The molecule has 0 heterocycles. The smallest absolute Gasteiger partial charge is 0.251 e. The fraction of sp³-hybridized carbons (Fsp3) is 0.467. The summed E-state index contributed by atoms with van der Waals surface area (Å²) in [5.41, 5.74) is -0.0499. The molecule has 3 N–H and O–H groups in total. The first-order valence-electron chi connectivity index (χ1n) is 6.71. The minimum absolute atomic E-state index is 0.125. The van der Waals surface area contributed by atoms with Crippen LogP contribution in [-0.2, 0) is 9.53 Å². The van der Waals surface area contributed by atoms with E-state index in [4.69, 9.17) is 4.74 Å². The van der Waals surface area contributed by atoms with Crippen LogP contribution in [0.25, 0.3) is 0 Å². The lowest BCUT2D eigenvalue weighted by Gasteiger charge is -2.23. The highest BCUT2D eigenvalue weighted by atomic mass is 16.5. The second kappa shape index (κ2) is 7.75. The van der Waals surface area contributed by atoms with Crippen molar-refractivity contribution in [2.75, 3.05) is 25.6 Å². The number of carbonyl (C=O) groups is 2. The van der Waals surface area contributed by atoms with Gasteiger partial charge in [0.25, 0.3) is 5.91 Å². The standard InChI is InChI=1S/C15H22N2O4/c1-11(18)17-13-6-4-5-12(9-13)14(19)16-10-15(2,20)7-8-21-3/h4-6,9,20H,7-8,10H2,1-3H3,(H,16,19)(H,17,18). The van der Waals surface area contributed by atoms with Gasteiger partial charge in [-0.05, 0) is 25.1 Å². The van der Waals surface area contributed by atoms with Crippen molar-refractivity contribution < 1.29 is 19.4 Å². The fourth-order valence-electron chi connectivity index (χ4n) is 1.72. The van der Waals surface area contributed by atoms with Gasteiger partial charge in [-0.25, -0.2) is 0 Å². The third-order valence-corrected chi connectivity index (χ3v) is 2.92. The molecule has 1 aromatic rings. The van der Waals surface area contributed by atoms with Gasteiger partial charge in [-0.1, -0.05) is 6.07 Å². The molecule has 0 bridgehead atoms. The van der Waals surface area contributed by atoms with E-state index in [2.05, 4.69) is 10.6 Å². The van der Waals surface area contributed by atoms with E-state index in [1.807, 2.05) is 0 Å². The van der Waals surface area contributed by atoms with Crippen LogP contribution in [0.1, 0.15) is 30.6 Å². The van der Waals surface area contributed by atoms with Crippen LogP contribution in [0.15, 0.2) is 24.3 Å². The molecule has 0 saturated heterocycles. The predicted molar refractivity (Wildman–Crippen MR) is 80.2 cm³/mol. The lowest BCUT2D eigenvalue weighted by molar-refractivity contribution is -0.114. The summed E-state index contributed by atoms with van der Waals surface area (Å²) < 4.78 is 4.91. The van der Waals surface area contributed by atoms with E-state index in [9.17, 15) is 14.7 Å². The van der Waals surface area contributed by atoms with Crippen molar-refractivity contribution in [3.05, 3.63) is 29.8 Å². The molecule has 0 fully saturated rings. The molecule has 0 aliphatic rings. The Kier molecular flexibility index (Phi) is 6.33. The van der Waals surface area contributed by atoms with Crippen LogP contribution < -0.4 is 10.6 Å². The topological polar surface area (TPSA) is 87.7 Å². The zero-order valence-corrected chi connectivity index (χ0v) is 12.6. The molecule has 0 spiro atoms. The third kappa shape index (κ3) is 6.37. The molecule has 0 aliphatic heterocycles. The number of rotatable bonds is 7. The van der Waals surface area contributed by atoms with Crippen molar-refractivity contribution >= 4 is 17.5 Å². The minimum Gasteiger partial charge on any atom is -0.388 e. The Morgan fingerprint density at radius 2 is 2.10 bits per heavy atom. The largest absolute Gasteiger partial charge is 0.388 e. The van der Waals surface area contributed by atoms with Gasteiger partial charge in [0.1, 0.15) is 0 Å². The fourth-order valence-corrected chi connectivity index (χ4v) is 1.72. The summed E-state index contributed by atoms with van der Waals surface area (Å²) in [6.07, 6.45) is 0.426. The van der Waals surface area contributed by atoms with Crippen LogP contribution in [-0.4, -0.2) is 42.8 Å². The molecule has 116 valence electrons. The molecule has 6 heteroatoms. The van der Waals surface area contributed by atoms with Crippen molar-refractivity contribution in [3.8, 4) is 0 Å². The molecule has 0 radical (unpaired) electrons. The second-order valence-electron chi connectivity index (χ2n) is 5.18. The van der Waals surface area contributed by atoms with Crippen LogP contribution in [0.5, 0.6) is 0 Å². The molecular formula is C15H22N2O4. The molecule has 1 atom stereocenters. The van der Waals surface area contributed by atoms with Gasteiger partial charge in [-0.15, -0.1) is 0 Å². The Morgan fingerprint density at radius 3 is 2.71 bits per heavy atom. The highest BCUT2D eigenvalue weighted by molar-refractivity contribution is 5.96. The van der Waals surface area contributed by atoms with Gasteiger partial charge >= 0.3 is 0 Å². The summed E-state index contributed by atoms with van der Waals surface area (Å²) >= 11 is 0. The quantitative estimate of drug-likeness (QED) is 0.704. The first kappa shape index (κ1) is 17.1. The maximum Gasteiger partial charge on any atom is 0.251 e. The number of carbonyl (C=O) groups excluding carboxylic acids is 2. The average Bonchev–Trinajstić information content (AvgIpc) is 2.42. The van der Waals surface area contributed by atoms with E-state index in [0.717, 1.165) is 0 Å². The van der Waals surface area contributed by atoms with Crippen LogP contribution in [0, 0.1) is 0 Å². The van der Waals surface area contributed by atoms with E-state index >= 15 is 0 Å². The van der Waals surface area contributed by atoms with Gasteiger partial charge in [0, 0.05) is 44.9 Å². The first-order valence-corrected chi connectivity index (χ1v) is 6.71. The predicted octanol–water partition coefficient (Wildman–Crippen LogP) is 1.16. The van der Waals surface area contributed by atoms with E-state index in [1.165, 1.54) is 6.92 Å². The van der Waals surface area contributed by atoms with Gasteiger partial charge in [-0.2, -0.15) is 0 Å². The SMILES string of the molecule is COCCC(C)(O)CNC(=O)c1cccc(NC(C)=O)c1. The number of hydrogen-bond acceptors (Lipinski definition) is 4. The molecule has 1 unspecified atom stereocenters. The molecule has 21 heavy (non-hydrogen) atoms. The molecule has 1 aromatic carbocycles. The van der Waals surface area contributed by atoms with E-state index < -0.39 is 5.60 Å². The van der Waals surface area contributed by atoms with Crippen LogP contribution in [0.4, 0.5) is 5.69 Å². The molecule has 2 amide bonds. The second-order valence-corrected chi connectivity index (χ2v) is 5.18. The van der Waals surface area contributed by atoms with Crippen LogP contribution in [0.2, 0.25) is 0 Å². The van der Waals surface area contributed by atoms with Crippen molar-refractivity contribution in [2.45, 2.75) is 25.9 Å². The summed E-state index contributed by atoms with van der Waals surface area (Å²) in [5, 5.41) is 15.4. The average molecular weight is 294 g/mol. The summed E-state index contributed by atoms with van der Waals surface area (Å²) in [7, 11) is 1.56. The molecule has 1 rings (SSSR count). The zero-order chi connectivity index (χ0) is 15.9. The normalized spacial score (nSPS) is 13.3. The van der Waals surface area contributed by atoms with Crippen LogP contribution >= 0.6 is 0 Å². The van der Waals surface area contributed by atoms with Crippen molar-refractivity contribution in [2.24, 2.45) is 0 Å². The minimum atomic E-state index is -1.03. The number of hydrogen-bond donors (Lipinski definition) is 3. The number of methoxy groups -OCH3 is 1. The number of nitrogens with one attached hydrogen (secondary N) is 2. The van der Waals surface area contributed by atoms with Gasteiger partial charge in [0.05, 0.1) is 5.60 Å².